The smallest absolute Gasteiger partial charge is 0.0569 e. The van der Waals surface area contributed by atoms with Gasteiger partial charge in [-0.15, -0.1) is 0 Å². The predicted molar refractivity (Wildman–Crippen MR) is 66.1 cm³/mol. The van der Waals surface area contributed by atoms with E-state index in [-0.39, 0.29) is 0 Å². The highest BCUT2D eigenvalue weighted by Gasteiger charge is 1.91. The first kappa shape index (κ1) is 13.2. The van der Waals surface area contributed by atoms with E-state index in [2.05, 4.69) is 44.0 Å². The highest BCUT2D eigenvalue weighted by Crippen LogP contribution is 2.10. The third kappa shape index (κ3) is 7.78. The van der Waals surface area contributed by atoms with E-state index in [4.69, 9.17) is 0 Å². The normalized spacial score (nSPS) is 13.2. The van der Waals surface area contributed by atoms with Crippen molar-refractivity contribution in [3.8, 4) is 0 Å². The van der Waals surface area contributed by atoms with E-state index in [1.807, 2.05) is 6.21 Å². The van der Waals surface area contributed by atoms with Crippen molar-refractivity contribution in [2.45, 2.75) is 46.5 Å². The van der Waals surface area contributed by atoms with Gasteiger partial charge in [0, 0.05) is 0 Å². The van der Waals surface area contributed by atoms with Crippen molar-refractivity contribution in [2.24, 2.45) is 4.99 Å². The molecule has 0 N–H and O–H groups in total. The van der Waals surface area contributed by atoms with Gasteiger partial charge in [-0.25, -0.2) is 0 Å². The fourth-order valence-corrected chi connectivity index (χ4v) is 1.26. The molecule has 0 amide bonds. The van der Waals surface area contributed by atoms with Gasteiger partial charge in [-0.05, 0) is 32.4 Å². The average Bonchev–Trinajstić information content (AvgIpc) is 2.20. The summed E-state index contributed by atoms with van der Waals surface area (Å²) in [7, 11) is 0. The van der Waals surface area contributed by atoms with Crippen LogP contribution in [0.2, 0.25) is 0 Å². The Morgan fingerprint density at radius 2 is 2.07 bits per heavy atom. The molecule has 0 fully saturated rings. The lowest BCUT2D eigenvalue weighted by molar-refractivity contribution is 0.872. The molecule has 0 aromatic carbocycles. The summed E-state index contributed by atoms with van der Waals surface area (Å²) >= 11 is 0. The maximum Gasteiger partial charge on any atom is 0.0569 e. The molecular weight excluding hydrogens is 170 g/mol. The Balaban J connectivity index is 3.96. The molecule has 0 bridgehead atoms. The molecule has 0 rings (SSSR count). The molecule has 0 aliphatic heterocycles. The third-order valence-electron chi connectivity index (χ3n) is 1.98. The molecule has 0 atom stereocenters. The van der Waals surface area contributed by atoms with Crippen molar-refractivity contribution in [1.29, 1.82) is 0 Å². The van der Waals surface area contributed by atoms with Gasteiger partial charge in [0.2, 0.25) is 0 Å². The summed E-state index contributed by atoms with van der Waals surface area (Å²) in [5, 5.41) is 0. The van der Waals surface area contributed by atoms with E-state index in [9.17, 15) is 0 Å². The van der Waals surface area contributed by atoms with Crippen LogP contribution in [-0.2, 0) is 0 Å². The second-order valence-electron chi connectivity index (χ2n) is 3.34. The maximum atomic E-state index is 4.29. The molecular formula is C13H23N. The highest BCUT2D eigenvalue weighted by molar-refractivity contribution is 5.56. The van der Waals surface area contributed by atoms with Crippen molar-refractivity contribution < 1.29 is 0 Å². The first-order valence-electron chi connectivity index (χ1n) is 5.62. The molecule has 14 heavy (non-hydrogen) atoms. The summed E-state index contributed by atoms with van der Waals surface area (Å²) in [5.74, 6) is 0. The van der Waals surface area contributed by atoms with Crippen LogP contribution in [0.4, 0.5) is 0 Å². The van der Waals surface area contributed by atoms with Crippen molar-refractivity contribution in [2.75, 3.05) is 6.54 Å². The Morgan fingerprint density at radius 1 is 1.29 bits per heavy atom. The fourth-order valence-electron chi connectivity index (χ4n) is 1.26. The van der Waals surface area contributed by atoms with Crippen molar-refractivity contribution >= 4 is 6.21 Å². The lowest BCUT2D eigenvalue weighted by Gasteiger charge is -2.01. The van der Waals surface area contributed by atoms with E-state index in [0.717, 1.165) is 19.4 Å². The Bertz CT molecular complexity index is 199. The van der Waals surface area contributed by atoms with Crippen LogP contribution in [0.3, 0.4) is 0 Å². The first-order chi connectivity index (χ1) is 6.85. The number of aliphatic imine (C=N–C) groups is 1. The number of nitrogens with zero attached hydrogens (tertiary/aromatic N) is 1. The maximum absolute atomic E-state index is 4.29. The van der Waals surface area contributed by atoms with Crippen molar-refractivity contribution in [3.63, 3.8) is 0 Å². The summed E-state index contributed by atoms with van der Waals surface area (Å²) in [6, 6.07) is 0. The number of hydrogen-bond acceptors (Lipinski definition) is 1. The summed E-state index contributed by atoms with van der Waals surface area (Å²) in [5.41, 5.74) is 1.51. The molecule has 0 saturated carbocycles. The van der Waals surface area contributed by atoms with Crippen LogP contribution in [0.25, 0.3) is 0 Å². The predicted octanol–water partition coefficient (Wildman–Crippen LogP) is 4.16. The van der Waals surface area contributed by atoms with Gasteiger partial charge in [0.1, 0.15) is 0 Å². The molecule has 0 unspecified atom stereocenters. The van der Waals surface area contributed by atoms with Gasteiger partial charge in [0.25, 0.3) is 0 Å². The van der Waals surface area contributed by atoms with Crippen LogP contribution >= 0.6 is 0 Å². The Kier molecular flexibility index (Phi) is 9.61. The minimum Gasteiger partial charge on any atom is -0.293 e. The van der Waals surface area contributed by atoms with Crippen molar-refractivity contribution in [1.82, 2.24) is 0 Å². The zero-order valence-electron chi connectivity index (χ0n) is 9.79. The van der Waals surface area contributed by atoms with Gasteiger partial charge in [0.05, 0.1) is 6.54 Å². The van der Waals surface area contributed by atoms with E-state index >= 15 is 0 Å². The van der Waals surface area contributed by atoms with E-state index in [0.29, 0.717) is 0 Å². The summed E-state index contributed by atoms with van der Waals surface area (Å²) in [6.45, 7) is 7.25. The van der Waals surface area contributed by atoms with Gasteiger partial charge in [-0.1, -0.05) is 44.1 Å². The molecule has 0 radical (unpaired) electrons. The van der Waals surface area contributed by atoms with Crippen LogP contribution in [0.1, 0.15) is 46.5 Å². The van der Waals surface area contributed by atoms with Crippen LogP contribution in [0.15, 0.2) is 28.8 Å². The molecule has 0 spiro atoms. The van der Waals surface area contributed by atoms with Gasteiger partial charge in [0.15, 0.2) is 0 Å². The fraction of sp³-hybridized carbons (Fsp3) is 0.615. The van der Waals surface area contributed by atoms with Crippen LogP contribution < -0.4 is 0 Å². The summed E-state index contributed by atoms with van der Waals surface area (Å²) < 4.78 is 0. The Labute approximate surface area is 88.6 Å². The van der Waals surface area contributed by atoms with Crippen LogP contribution in [0.5, 0.6) is 0 Å². The molecule has 0 aromatic rings. The monoisotopic (exact) mass is 193 g/mol. The van der Waals surface area contributed by atoms with Crippen LogP contribution in [0, 0.1) is 0 Å². The second-order valence-corrected chi connectivity index (χ2v) is 3.34. The quantitative estimate of drug-likeness (QED) is 0.425. The molecule has 0 aliphatic rings. The number of hydrogen-bond donors (Lipinski definition) is 0. The standard InChI is InChI=1S/C13H23N/c1-4-7-9-13(8-5-2)10-12-14-11-6-3/h4,7,10-11H,5-6,8-9,12H2,1-3H3/b7-4-,13-10-,14-11?. The largest absolute Gasteiger partial charge is 0.293 e. The van der Waals surface area contributed by atoms with Gasteiger partial charge >= 0.3 is 0 Å². The molecule has 0 heterocycles. The minimum atomic E-state index is 0.848. The molecule has 80 valence electrons. The lowest BCUT2D eigenvalue weighted by atomic mass is 10.1. The lowest BCUT2D eigenvalue weighted by Crippen LogP contribution is -1.84. The summed E-state index contributed by atoms with van der Waals surface area (Å²) in [6.07, 6.45) is 13.1. The average molecular weight is 193 g/mol. The van der Waals surface area contributed by atoms with Gasteiger partial charge in [-0.3, -0.25) is 4.99 Å². The minimum absolute atomic E-state index is 0.848. The zero-order chi connectivity index (χ0) is 10.6. The van der Waals surface area contributed by atoms with Crippen LogP contribution in [-0.4, -0.2) is 12.8 Å². The number of rotatable bonds is 7. The van der Waals surface area contributed by atoms with E-state index < -0.39 is 0 Å². The zero-order valence-corrected chi connectivity index (χ0v) is 9.79. The highest BCUT2D eigenvalue weighted by atomic mass is 14.7. The number of allylic oxidation sites excluding steroid dienone is 3. The Morgan fingerprint density at radius 3 is 2.64 bits per heavy atom. The van der Waals surface area contributed by atoms with E-state index in [1.165, 1.54) is 18.4 Å². The molecule has 0 aromatic heterocycles. The van der Waals surface area contributed by atoms with Crippen molar-refractivity contribution in [3.05, 3.63) is 23.8 Å². The second kappa shape index (κ2) is 10.2. The molecule has 0 aliphatic carbocycles. The molecule has 1 nitrogen and oxygen atoms in total. The van der Waals surface area contributed by atoms with E-state index in [1.54, 1.807) is 0 Å². The SMILES string of the molecule is C/C=C\C/C(=C\CN=CCC)CCC. The molecule has 0 saturated heterocycles. The summed E-state index contributed by atoms with van der Waals surface area (Å²) in [4.78, 5) is 4.29. The van der Waals surface area contributed by atoms with Gasteiger partial charge in [-0.2, -0.15) is 0 Å². The van der Waals surface area contributed by atoms with Gasteiger partial charge < -0.3 is 0 Å². The topological polar surface area (TPSA) is 12.4 Å². The third-order valence-corrected chi connectivity index (χ3v) is 1.98. The molecule has 1 heteroatoms. The Hall–Kier alpha value is -0.850. The first-order valence-corrected chi connectivity index (χ1v) is 5.62.